The third kappa shape index (κ3) is 5.80. The smallest absolute Gasteiger partial charge is 0.422 e. The zero-order valence-corrected chi connectivity index (χ0v) is 19.4. The Kier molecular flexibility index (Phi) is 7.52. The molecule has 3 aromatic carbocycles. The minimum atomic E-state index is -5.12. The molecular weight excluding hydrogens is 480 g/mol. The number of nitrogens with zero attached hydrogens (tertiary/aromatic N) is 1. The molecule has 1 heterocycles. The fraction of sp³-hybridized carbons (Fsp3) is 0.250. The van der Waals surface area contributed by atoms with Crippen LogP contribution in [0.25, 0.3) is 10.8 Å². The molecule has 0 aliphatic rings. The Bertz CT molecular complexity index is 1340. The zero-order chi connectivity index (χ0) is 25.9. The maximum Gasteiger partial charge on any atom is 0.422 e. The highest BCUT2D eigenvalue weighted by molar-refractivity contribution is 5.84. The zero-order valence-electron chi connectivity index (χ0n) is 19.4. The van der Waals surface area contributed by atoms with E-state index in [2.05, 4.69) is 4.98 Å². The number of ether oxygens (including phenoxy) is 1. The summed E-state index contributed by atoms with van der Waals surface area (Å²) in [7, 11) is 0. The van der Waals surface area contributed by atoms with Gasteiger partial charge in [0, 0.05) is 11.1 Å². The van der Waals surface area contributed by atoms with Crippen molar-refractivity contribution in [2.45, 2.75) is 38.8 Å². The minimum absolute atomic E-state index is 0.0123. The van der Waals surface area contributed by atoms with Gasteiger partial charge in [0.2, 0.25) is 0 Å². The Labute approximate surface area is 204 Å². The van der Waals surface area contributed by atoms with Crippen LogP contribution in [0, 0.1) is 17.5 Å². The van der Waals surface area contributed by atoms with Crippen molar-refractivity contribution in [3.63, 3.8) is 0 Å². The van der Waals surface area contributed by atoms with Crippen molar-refractivity contribution in [2.24, 2.45) is 0 Å². The third-order valence-electron chi connectivity index (χ3n) is 5.95. The number of halogens is 6. The molecule has 0 radical (unpaired) electrons. The van der Waals surface area contributed by atoms with E-state index in [0.717, 1.165) is 11.3 Å². The molecule has 0 spiro atoms. The molecule has 4 aromatic rings. The van der Waals surface area contributed by atoms with Gasteiger partial charge < -0.3 is 4.74 Å². The summed E-state index contributed by atoms with van der Waals surface area (Å²) in [6.07, 6.45) is -1.95. The lowest BCUT2D eigenvalue weighted by atomic mass is 9.97. The Morgan fingerprint density at radius 3 is 2.14 bits per heavy atom. The highest BCUT2D eigenvalue weighted by Gasteiger charge is 2.37. The van der Waals surface area contributed by atoms with Gasteiger partial charge in [-0.3, -0.25) is 4.98 Å². The van der Waals surface area contributed by atoms with E-state index in [9.17, 15) is 22.0 Å². The SMILES string of the molecule is CCOc1ccc(CCc2ccc3c(F)c(CCc4cc(F)c(C(F)(F)F)c(F)c4)ccc3c2)nc1. The van der Waals surface area contributed by atoms with Gasteiger partial charge in [-0.05, 0) is 78.9 Å². The first-order valence-electron chi connectivity index (χ1n) is 11.5. The summed E-state index contributed by atoms with van der Waals surface area (Å²) in [6, 6.07) is 13.9. The summed E-state index contributed by atoms with van der Waals surface area (Å²) < 4.78 is 86.5. The van der Waals surface area contributed by atoms with Crippen LogP contribution in [0.4, 0.5) is 26.3 Å². The van der Waals surface area contributed by atoms with Crippen molar-refractivity contribution in [1.29, 1.82) is 0 Å². The largest absolute Gasteiger partial charge is 0.492 e. The molecule has 188 valence electrons. The molecule has 0 amide bonds. The molecule has 0 bridgehead atoms. The summed E-state index contributed by atoms with van der Waals surface area (Å²) in [5, 5.41) is 1.11. The highest BCUT2D eigenvalue weighted by atomic mass is 19.4. The topological polar surface area (TPSA) is 22.1 Å². The van der Waals surface area contributed by atoms with Gasteiger partial charge in [-0.1, -0.05) is 30.3 Å². The molecule has 1 aromatic heterocycles. The molecule has 0 saturated heterocycles. The highest BCUT2D eigenvalue weighted by Crippen LogP contribution is 2.34. The molecule has 0 saturated carbocycles. The first-order valence-corrected chi connectivity index (χ1v) is 11.5. The lowest BCUT2D eigenvalue weighted by Gasteiger charge is -2.12. The van der Waals surface area contributed by atoms with Crippen LogP contribution in [0.15, 0.2) is 60.8 Å². The maximum absolute atomic E-state index is 15.1. The summed E-state index contributed by atoms with van der Waals surface area (Å²) in [4.78, 5) is 4.39. The quantitative estimate of drug-likeness (QED) is 0.231. The fourth-order valence-electron chi connectivity index (χ4n) is 4.14. The Morgan fingerprint density at radius 2 is 1.50 bits per heavy atom. The normalized spacial score (nSPS) is 11.8. The lowest BCUT2D eigenvalue weighted by Crippen LogP contribution is -2.12. The standard InChI is InChI=1S/C28H23F6NO/c1-2-36-22-11-10-21(35-16-22)9-4-17-5-12-23-20(13-17)8-7-19(27(23)31)6-3-18-14-24(29)26(25(30)15-18)28(32,33)34/h5,7-8,10-16H,2-4,6,9H2,1H3. The first kappa shape index (κ1) is 25.5. The van der Waals surface area contributed by atoms with Crippen LogP contribution >= 0.6 is 0 Å². The number of pyridine rings is 1. The van der Waals surface area contributed by atoms with E-state index in [-0.39, 0.29) is 18.4 Å². The van der Waals surface area contributed by atoms with Gasteiger partial charge in [-0.2, -0.15) is 13.2 Å². The van der Waals surface area contributed by atoms with Crippen molar-refractivity contribution >= 4 is 10.8 Å². The Hall–Kier alpha value is -3.55. The molecule has 0 unspecified atom stereocenters. The Balaban J connectivity index is 1.45. The molecule has 0 fully saturated rings. The molecule has 0 N–H and O–H groups in total. The number of aromatic nitrogens is 1. The summed E-state index contributed by atoms with van der Waals surface area (Å²) >= 11 is 0. The van der Waals surface area contributed by atoms with Gasteiger partial charge in [0.05, 0.1) is 12.8 Å². The second-order valence-corrected chi connectivity index (χ2v) is 8.44. The summed E-state index contributed by atoms with van der Waals surface area (Å²) in [6.45, 7) is 2.48. The van der Waals surface area contributed by atoms with Gasteiger partial charge >= 0.3 is 6.18 Å². The van der Waals surface area contributed by atoms with E-state index in [1.54, 1.807) is 24.4 Å². The van der Waals surface area contributed by atoms with Gasteiger partial charge in [-0.15, -0.1) is 0 Å². The average Bonchev–Trinajstić information content (AvgIpc) is 2.82. The lowest BCUT2D eigenvalue weighted by molar-refractivity contribution is -0.142. The number of hydrogen-bond donors (Lipinski definition) is 0. The summed E-state index contributed by atoms with van der Waals surface area (Å²) in [5.41, 5.74) is 0.347. The number of benzene rings is 3. The van der Waals surface area contributed by atoms with Gasteiger partial charge in [0.1, 0.15) is 28.8 Å². The molecule has 0 aliphatic heterocycles. The maximum atomic E-state index is 15.1. The summed E-state index contributed by atoms with van der Waals surface area (Å²) in [5.74, 6) is -3.10. The van der Waals surface area contributed by atoms with Crippen molar-refractivity contribution < 1.29 is 31.1 Å². The second kappa shape index (κ2) is 10.6. The van der Waals surface area contributed by atoms with Crippen LogP contribution in [0.2, 0.25) is 0 Å². The van der Waals surface area contributed by atoms with E-state index >= 15 is 4.39 Å². The third-order valence-corrected chi connectivity index (χ3v) is 5.95. The van der Waals surface area contributed by atoms with E-state index < -0.39 is 29.2 Å². The van der Waals surface area contributed by atoms with Crippen LogP contribution in [-0.2, 0) is 31.9 Å². The van der Waals surface area contributed by atoms with Gasteiger partial charge in [-0.25, -0.2) is 13.2 Å². The van der Waals surface area contributed by atoms with E-state index in [0.29, 0.717) is 53.7 Å². The minimum Gasteiger partial charge on any atom is -0.492 e. The fourth-order valence-corrected chi connectivity index (χ4v) is 4.14. The number of fused-ring (bicyclic) bond motifs is 1. The van der Waals surface area contributed by atoms with Crippen molar-refractivity contribution in [3.8, 4) is 5.75 Å². The van der Waals surface area contributed by atoms with Crippen LogP contribution in [0.1, 0.15) is 34.9 Å². The Morgan fingerprint density at radius 1 is 0.778 bits per heavy atom. The molecular formula is C28H23F6NO. The molecule has 0 atom stereocenters. The van der Waals surface area contributed by atoms with Gasteiger partial charge in [0.25, 0.3) is 0 Å². The van der Waals surface area contributed by atoms with Crippen LogP contribution in [-0.4, -0.2) is 11.6 Å². The van der Waals surface area contributed by atoms with Gasteiger partial charge in [0.15, 0.2) is 0 Å². The van der Waals surface area contributed by atoms with Crippen LogP contribution in [0.5, 0.6) is 5.75 Å². The van der Waals surface area contributed by atoms with Crippen molar-refractivity contribution in [3.05, 3.63) is 106 Å². The van der Waals surface area contributed by atoms with E-state index in [1.165, 1.54) is 0 Å². The molecule has 4 rings (SSSR count). The number of alkyl halides is 3. The van der Waals surface area contributed by atoms with E-state index in [4.69, 9.17) is 4.74 Å². The van der Waals surface area contributed by atoms with Crippen molar-refractivity contribution in [2.75, 3.05) is 6.61 Å². The van der Waals surface area contributed by atoms with Crippen LogP contribution in [0.3, 0.4) is 0 Å². The van der Waals surface area contributed by atoms with E-state index in [1.807, 2.05) is 31.2 Å². The van der Waals surface area contributed by atoms with Crippen molar-refractivity contribution in [1.82, 2.24) is 4.98 Å². The van der Waals surface area contributed by atoms with Crippen LogP contribution < -0.4 is 4.74 Å². The molecule has 8 heteroatoms. The first-order chi connectivity index (χ1) is 17.2. The predicted octanol–water partition coefficient (Wildman–Crippen LogP) is 7.64. The average molecular weight is 503 g/mol. The predicted molar refractivity (Wildman–Crippen MR) is 125 cm³/mol. The number of hydrogen-bond acceptors (Lipinski definition) is 2. The second-order valence-electron chi connectivity index (χ2n) is 8.44. The number of rotatable bonds is 8. The molecule has 0 aliphatic carbocycles. The number of aryl methyl sites for hydroxylation is 4. The molecule has 2 nitrogen and oxygen atoms in total. The monoisotopic (exact) mass is 503 g/mol. The molecule has 36 heavy (non-hydrogen) atoms.